The van der Waals surface area contributed by atoms with Crippen molar-refractivity contribution in [2.75, 3.05) is 23.5 Å². The van der Waals surface area contributed by atoms with E-state index in [2.05, 4.69) is 35.6 Å². The third kappa shape index (κ3) is 5.17. The van der Waals surface area contributed by atoms with Gasteiger partial charge >= 0.3 is 0 Å². The fraction of sp³-hybridized carbons (Fsp3) is 0.360. The molecule has 5 rings (SSSR count). The third-order valence-corrected chi connectivity index (χ3v) is 7.16. The minimum absolute atomic E-state index is 0.0921. The Balaban J connectivity index is 1.55. The van der Waals surface area contributed by atoms with E-state index in [0.717, 1.165) is 30.5 Å². The summed E-state index contributed by atoms with van der Waals surface area (Å²) >= 11 is 0. The third-order valence-electron chi connectivity index (χ3n) is 6.02. The molecule has 1 aromatic carbocycles. The lowest BCUT2D eigenvalue weighted by Crippen LogP contribution is -2.13. The molecule has 4 aromatic rings. The predicted octanol–water partition coefficient (Wildman–Crippen LogP) is 4.81. The Labute approximate surface area is 209 Å². The topological polar surface area (TPSA) is 135 Å². The molecule has 3 N–H and O–H groups in total. The highest BCUT2D eigenvalue weighted by Crippen LogP contribution is 2.35. The van der Waals surface area contributed by atoms with Crippen molar-refractivity contribution in [2.24, 2.45) is 0 Å². The molecule has 1 unspecified atom stereocenters. The number of benzene rings is 1. The van der Waals surface area contributed by atoms with E-state index in [1.165, 1.54) is 6.26 Å². The summed E-state index contributed by atoms with van der Waals surface area (Å²) < 4.78 is 31.4. The second kappa shape index (κ2) is 9.47. The zero-order valence-electron chi connectivity index (χ0n) is 20.7. The number of nitrogens with one attached hydrogen (secondary N) is 3. The Kier molecular flexibility index (Phi) is 6.35. The molecule has 3 aromatic heterocycles. The summed E-state index contributed by atoms with van der Waals surface area (Å²) in [5.74, 6) is 2.48. The molecule has 0 saturated carbocycles. The van der Waals surface area contributed by atoms with E-state index < -0.39 is 9.84 Å². The molecule has 188 valence electrons. The van der Waals surface area contributed by atoms with Gasteiger partial charge in [-0.15, -0.1) is 0 Å². The van der Waals surface area contributed by atoms with Gasteiger partial charge in [0.15, 0.2) is 15.5 Å². The Bertz CT molecular complexity index is 1520. The molecule has 0 radical (unpaired) electrons. The monoisotopic (exact) mass is 507 g/mol. The number of H-pyrrole nitrogens is 1. The maximum Gasteiger partial charge on any atom is 0.177 e. The first-order valence-corrected chi connectivity index (χ1v) is 13.7. The van der Waals surface area contributed by atoms with Gasteiger partial charge in [-0.2, -0.15) is 0 Å². The first kappa shape index (κ1) is 24.1. The predicted molar refractivity (Wildman–Crippen MR) is 139 cm³/mol. The van der Waals surface area contributed by atoms with Crippen LogP contribution in [-0.2, 0) is 14.6 Å². The van der Waals surface area contributed by atoms with Crippen molar-refractivity contribution >= 4 is 44.0 Å². The van der Waals surface area contributed by atoms with Gasteiger partial charge in [-0.05, 0) is 57.7 Å². The number of nitrogens with zero attached hydrogens (tertiary/aromatic N) is 4. The van der Waals surface area contributed by atoms with Crippen molar-refractivity contribution in [3.05, 3.63) is 53.2 Å². The number of anilines is 4. The molecule has 4 heterocycles. The second-order valence-corrected chi connectivity index (χ2v) is 11.1. The molecular formula is C25H29N7O3S. The van der Waals surface area contributed by atoms with E-state index >= 15 is 0 Å². The number of hydrogen-bond acceptors (Lipinski definition) is 9. The summed E-state index contributed by atoms with van der Waals surface area (Å²) in [5.41, 5.74) is 3.95. The number of sulfone groups is 1. The van der Waals surface area contributed by atoms with Gasteiger partial charge in [0, 0.05) is 30.7 Å². The summed E-state index contributed by atoms with van der Waals surface area (Å²) in [4.78, 5) is 21.3. The number of imidazole rings is 1. The van der Waals surface area contributed by atoms with Gasteiger partial charge in [0.1, 0.15) is 28.8 Å². The highest BCUT2D eigenvalue weighted by atomic mass is 32.2. The second-order valence-electron chi connectivity index (χ2n) is 9.15. The van der Waals surface area contributed by atoms with Gasteiger partial charge < -0.3 is 20.4 Å². The largest absolute Gasteiger partial charge is 0.374 e. The molecule has 0 aliphatic carbocycles. The highest BCUT2D eigenvalue weighted by Gasteiger charge is 2.22. The lowest BCUT2D eigenvalue weighted by atomic mass is 10.0. The average molecular weight is 508 g/mol. The summed E-state index contributed by atoms with van der Waals surface area (Å²) in [6, 6.07) is 9.05. The molecule has 11 heteroatoms. The van der Waals surface area contributed by atoms with Gasteiger partial charge in [0.05, 0.1) is 22.4 Å². The molecule has 36 heavy (non-hydrogen) atoms. The minimum atomic E-state index is -3.53. The van der Waals surface area contributed by atoms with Crippen molar-refractivity contribution in [3.8, 4) is 0 Å². The van der Waals surface area contributed by atoms with Gasteiger partial charge in [-0.1, -0.05) is 6.07 Å². The van der Waals surface area contributed by atoms with Crippen LogP contribution in [0.5, 0.6) is 0 Å². The summed E-state index contributed by atoms with van der Waals surface area (Å²) in [5, 5.41) is 6.52. The van der Waals surface area contributed by atoms with Crippen LogP contribution < -0.4 is 10.6 Å². The first-order valence-electron chi connectivity index (χ1n) is 11.8. The lowest BCUT2D eigenvalue weighted by molar-refractivity contribution is 0.0148. The number of rotatable bonds is 6. The normalized spacial score (nSPS) is 16.3. The quantitative estimate of drug-likeness (QED) is 0.336. The Morgan fingerprint density at radius 2 is 1.75 bits per heavy atom. The van der Waals surface area contributed by atoms with E-state index in [1.54, 1.807) is 18.2 Å². The molecule has 1 saturated heterocycles. The molecule has 1 atom stereocenters. The van der Waals surface area contributed by atoms with Crippen molar-refractivity contribution in [1.29, 1.82) is 0 Å². The van der Waals surface area contributed by atoms with Crippen molar-refractivity contribution in [1.82, 2.24) is 24.9 Å². The first-order chi connectivity index (χ1) is 17.2. The molecule has 0 bridgehead atoms. The zero-order valence-corrected chi connectivity index (χ0v) is 21.5. The van der Waals surface area contributed by atoms with E-state index in [-0.39, 0.29) is 11.0 Å². The molecule has 1 aliphatic heterocycles. The number of fused-ring (bicyclic) bond motifs is 1. The van der Waals surface area contributed by atoms with Crippen LogP contribution in [0.3, 0.4) is 0 Å². The van der Waals surface area contributed by atoms with Crippen LogP contribution in [0.1, 0.15) is 48.3 Å². The Morgan fingerprint density at radius 1 is 0.944 bits per heavy atom. The van der Waals surface area contributed by atoms with Crippen LogP contribution >= 0.6 is 0 Å². The van der Waals surface area contributed by atoms with Gasteiger partial charge in [0.25, 0.3) is 0 Å². The molecule has 0 spiro atoms. The summed E-state index contributed by atoms with van der Waals surface area (Å²) in [6.45, 7) is 6.26. The number of aryl methyl sites for hydroxylation is 3. The van der Waals surface area contributed by atoms with Gasteiger partial charge in [-0.25, -0.2) is 28.4 Å². The fourth-order valence-electron chi connectivity index (χ4n) is 4.48. The molecule has 1 fully saturated rings. The fourth-order valence-corrected chi connectivity index (χ4v) is 5.34. The SMILES string of the molecule is Cc1cc(Nc2cc(Nc3ccc(C4CCCCO4)cc3S(C)(=O)=O)c3nc(C)[nH]c3n2)nc(C)n1. The van der Waals surface area contributed by atoms with Crippen LogP contribution in [-0.4, -0.2) is 46.2 Å². The number of hydrogen-bond donors (Lipinski definition) is 3. The van der Waals surface area contributed by atoms with Gasteiger partial charge in [-0.3, -0.25) is 0 Å². The number of pyridine rings is 1. The molecular weight excluding hydrogens is 478 g/mol. The standard InChI is InChI=1S/C25H29N7O3S/c1-14-11-22(27-15(2)26-14)31-23-13-19(24-25(32-23)29-16(3)28-24)30-18-9-8-17(12-21(18)36(4,33)34)20-7-5-6-10-35-20/h8-9,11-13,20H,5-7,10H2,1-4H3,(H3,26,27,28,29,30,31,32). The van der Waals surface area contributed by atoms with Crippen LogP contribution in [0, 0.1) is 20.8 Å². The number of aromatic amines is 1. The van der Waals surface area contributed by atoms with E-state index in [1.807, 2.05) is 32.9 Å². The Hall–Kier alpha value is -3.57. The van der Waals surface area contributed by atoms with Crippen LogP contribution in [0.2, 0.25) is 0 Å². The molecule has 1 aliphatic rings. The van der Waals surface area contributed by atoms with Crippen molar-refractivity contribution in [2.45, 2.75) is 51.0 Å². The van der Waals surface area contributed by atoms with Crippen molar-refractivity contribution in [3.63, 3.8) is 0 Å². The van der Waals surface area contributed by atoms with Gasteiger partial charge in [0.2, 0.25) is 0 Å². The molecule has 0 amide bonds. The van der Waals surface area contributed by atoms with Crippen LogP contribution in [0.15, 0.2) is 35.2 Å². The van der Waals surface area contributed by atoms with Crippen LogP contribution in [0.25, 0.3) is 11.2 Å². The zero-order chi connectivity index (χ0) is 25.4. The molecule has 10 nitrogen and oxygen atoms in total. The van der Waals surface area contributed by atoms with Crippen LogP contribution in [0.4, 0.5) is 23.0 Å². The highest BCUT2D eigenvalue weighted by molar-refractivity contribution is 7.90. The minimum Gasteiger partial charge on any atom is -0.374 e. The Morgan fingerprint density at radius 3 is 2.47 bits per heavy atom. The average Bonchev–Trinajstić information content (AvgIpc) is 3.19. The van der Waals surface area contributed by atoms with E-state index in [9.17, 15) is 8.42 Å². The van der Waals surface area contributed by atoms with E-state index in [4.69, 9.17) is 4.74 Å². The lowest BCUT2D eigenvalue weighted by Gasteiger charge is -2.24. The smallest absolute Gasteiger partial charge is 0.177 e. The van der Waals surface area contributed by atoms with Crippen molar-refractivity contribution < 1.29 is 13.2 Å². The maximum absolute atomic E-state index is 12.8. The summed E-state index contributed by atoms with van der Waals surface area (Å²) in [6.07, 6.45) is 4.09. The number of ether oxygens (including phenoxy) is 1. The number of aromatic nitrogens is 5. The van der Waals surface area contributed by atoms with E-state index in [0.29, 0.717) is 52.4 Å². The maximum atomic E-state index is 12.8. The summed E-state index contributed by atoms with van der Waals surface area (Å²) in [7, 11) is -3.53.